The fraction of sp³-hybridized carbons (Fsp3) is 0.286. The number of aromatic nitrogens is 2. The summed E-state index contributed by atoms with van der Waals surface area (Å²) in [7, 11) is 0. The van der Waals surface area contributed by atoms with Gasteiger partial charge in [0.25, 0.3) is 0 Å². The number of anilines is 1. The van der Waals surface area contributed by atoms with Gasteiger partial charge in [0.15, 0.2) is 0 Å². The molecule has 0 atom stereocenters. The van der Waals surface area contributed by atoms with Gasteiger partial charge in [-0.25, -0.2) is 9.97 Å². The molecule has 1 aromatic carbocycles. The standard InChI is InChI=1S/C14H17N3/c1-4-12-16-13(10(3)14(15)17-12)11-7-5-6-9(2)8-11/h5-8H,4H2,1-3H3,(H2,15,16,17). The van der Waals surface area contributed by atoms with Gasteiger partial charge in [-0.3, -0.25) is 0 Å². The summed E-state index contributed by atoms with van der Waals surface area (Å²) in [6.07, 6.45) is 0.795. The number of hydrogen-bond donors (Lipinski definition) is 1. The van der Waals surface area contributed by atoms with Crippen molar-refractivity contribution in [1.82, 2.24) is 9.97 Å². The van der Waals surface area contributed by atoms with Gasteiger partial charge in [0.1, 0.15) is 11.6 Å². The first-order chi connectivity index (χ1) is 8.11. The van der Waals surface area contributed by atoms with Crippen molar-refractivity contribution < 1.29 is 0 Å². The number of rotatable bonds is 2. The Bertz CT molecular complexity index is 547. The Kier molecular flexibility index (Phi) is 3.09. The van der Waals surface area contributed by atoms with Gasteiger partial charge in [-0.2, -0.15) is 0 Å². The van der Waals surface area contributed by atoms with Crippen molar-refractivity contribution >= 4 is 5.82 Å². The van der Waals surface area contributed by atoms with Crippen LogP contribution in [0.2, 0.25) is 0 Å². The minimum Gasteiger partial charge on any atom is -0.383 e. The smallest absolute Gasteiger partial charge is 0.131 e. The van der Waals surface area contributed by atoms with E-state index in [2.05, 4.69) is 35.1 Å². The molecule has 0 radical (unpaired) electrons. The maximum atomic E-state index is 5.92. The van der Waals surface area contributed by atoms with E-state index >= 15 is 0 Å². The number of nitrogens with two attached hydrogens (primary N) is 1. The van der Waals surface area contributed by atoms with Crippen molar-refractivity contribution in [2.45, 2.75) is 27.2 Å². The van der Waals surface area contributed by atoms with Gasteiger partial charge in [0.05, 0.1) is 5.69 Å². The molecule has 0 spiro atoms. The molecular formula is C14H17N3. The largest absolute Gasteiger partial charge is 0.383 e. The molecule has 1 aromatic heterocycles. The van der Waals surface area contributed by atoms with E-state index in [0.29, 0.717) is 5.82 Å². The van der Waals surface area contributed by atoms with Crippen LogP contribution < -0.4 is 5.73 Å². The molecule has 0 aliphatic carbocycles. The third kappa shape index (κ3) is 2.28. The Morgan fingerprint density at radius 1 is 1.18 bits per heavy atom. The van der Waals surface area contributed by atoms with E-state index < -0.39 is 0 Å². The zero-order valence-electron chi connectivity index (χ0n) is 10.5. The first kappa shape index (κ1) is 11.6. The second-order valence-corrected chi connectivity index (χ2v) is 4.22. The van der Waals surface area contributed by atoms with Gasteiger partial charge in [-0.15, -0.1) is 0 Å². The van der Waals surface area contributed by atoms with E-state index in [0.717, 1.165) is 29.1 Å². The van der Waals surface area contributed by atoms with Crippen molar-refractivity contribution in [2.75, 3.05) is 5.73 Å². The maximum absolute atomic E-state index is 5.92. The maximum Gasteiger partial charge on any atom is 0.131 e. The van der Waals surface area contributed by atoms with Crippen LogP contribution in [-0.2, 0) is 6.42 Å². The molecule has 3 heteroatoms. The van der Waals surface area contributed by atoms with Crippen LogP contribution in [0.1, 0.15) is 23.9 Å². The average Bonchev–Trinajstić information content (AvgIpc) is 2.32. The predicted octanol–water partition coefficient (Wildman–Crippen LogP) is 2.91. The van der Waals surface area contributed by atoms with Crippen LogP contribution in [0.15, 0.2) is 24.3 Å². The van der Waals surface area contributed by atoms with Crippen LogP contribution in [0, 0.1) is 13.8 Å². The monoisotopic (exact) mass is 227 g/mol. The van der Waals surface area contributed by atoms with Gasteiger partial charge >= 0.3 is 0 Å². The van der Waals surface area contributed by atoms with Gasteiger partial charge in [0, 0.05) is 17.5 Å². The lowest BCUT2D eigenvalue weighted by atomic mass is 10.0. The number of hydrogen-bond acceptors (Lipinski definition) is 3. The summed E-state index contributed by atoms with van der Waals surface area (Å²) in [5, 5.41) is 0. The minimum absolute atomic E-state index is 0.577. The van der Waals surface area contributed by atoms with Crippen LogP contribution in [0.4, 0.5) is 5.82 Å². The van der Waals surface area contributed by atoms with Crippen LogP contribution in [-0.4, -0.2) is 9.97 Å². The van der Waals surface area contributed by atoms with Crippen molar-refractivity contribution in [3.63, 3.8) is 0 Å². The lowest BCUT2D eigenvalue weighted by Crippen LogP contribution is -2.04. The summed E-state index contributed by atoms with van der Waals surface area (Å²) in [4.78, 5) is 8.84. The molecule has 0 aliphatic rings. The molecule has 0 saturated heterocycles. The highest BCUT2D eigenvalue weighted by Gasteiger charge is 2.09. The van der Waals surface area contributed by atoms with E-state index in [1.54, 1.807) is 0 Å². The van der Waals surface area contributed by atoms with Gasteiger partial charge in [0.2, 0.25) is 0 Å². The topological polar surface area (TPSA) is 51.8 Å². The zero-order chi connectivity index (χ0) is 12.4. The van der Waals surface area contributed by atoms with Gasteiger partial charge in [-0.05, 0) is 19.9 Å². The highest BCUT2D eigenvalue weighted by atomic mass is 15.0. The summed E-state index contributed by atoms with van der Waals surface area (Å²) < 4.78 is 0. The molecule has 0 aliphatic heterocycles. The Hall–Kier alpha value is -1.90. The van der Waals surface area contributed by atoms with Crippen LogP contribution in [0.25, 0.3) is 11.3 Å². The highest BCUT2D eigenvalue weighted by Crippen LogP contribution is 2.25. The fourth-order valence-electron chi connectivity index (χ4n) is 1.81. The molecule has 0 fully saturated rings. The molecule has 2 rings (SSSR count). The Labute approximate surface area is 102 Å². The zero-order valence-corrected chi connectivity index (χ0v) is 10.5. The summed E-state index contributed by atoms with van der Waals surface area (Å²) in [5.74, 6) is 1.37. The molecular weight excluding hydrogens is 210 g/mol. The van der Waals surface area contributed by atoms with Gasteiger partial charge < -0.3 is 5.73 Å². The number of aryl methyl sites for hydroxylation is 2. The van der Waals surface area contributed by atoms with E-state index in [1.165, 1.54) is 5.56 Å². The number of benzene rings is 1. The molecule has 2 N–H and O–H groups in total. The Morgan fingerprint density at radius 2 is 1.94 bits per heavy atom. The van der Waals surface area contributed by atoms with Crippen LogP contribution in [0.5, 0.6) is 0 Å². The molecule has 0 saturated carbocycles. The molecule has 0 unspecified atom stereocenters. The summed E-state index contributed by atoms with van der Waals surface area (Å²) in [5.41, 5.74) is 10.1. The predicted molar refractivity (Wildman–Crippen MR) is 70.7 cm³/mol. The molecule has 88 valence electrons. The lowest BCUT2D eigenvalue weighted by Gasteiger charge is -2.09. The second kappa shape index (κ2) is 4.53. The van der Waals surface area contributed by atoms with Crippen molar-refractivity contribution in [2.24, 2.45) is 0 Å². The average molecular weight is 227 g/mol. The summed E-state index contributed by atoms with van der Waals surface area (Å²) >= 11 is 0. The molecule has 17 heavy (non-hydrogen) atoms. The quantitative estimate of drug-likeness (QED) is 0.858. The number of nitrogens with zero attached hydrogens (tertiary/aromatic N) is 2. The normalized spacial score (nSPS) is 10.5. The molecule has 0 bridgehead atoms. The van der Waals surface area contributed by atoms with E-state index in [-0.39, 0.29) is 0 Å². The molecule has 0 amide bonds. The lowest BCUT2D eigenvalue weighted by molar-refractivity contribution is 0.940. The van der Waals surface area contributed by atoms with Crippen molar-refractivity contribution in [3.05, 3.63) is 41.2 Å². The SMILES string of the molecule is CCc1nc(N)c(C)c(-c2cccc(C)c2)n1. The minimum atomic E-state index is 0.577. The second-order valence-electron chi connectivity index (χ2n) is 4.22. The van der Waals surface area contributed by atoms with Crippen molar-refractivity contribution in [1.29, 1.82) is 0 Å². The third-order valence-corrected chi connectivity index (χ3v) is 2.84. The van der Waals surface area contributed by atoms with E-state index in [4.69, 9.17) is 5.73 Å². The highest BCUT2D eigenvalue weighted by molar-refractivity contribution is 5.67. The van der Waals surface area contributed by atoms with E-state index in [9.17, 15) is 0 Å². The molecule has 3 nitrogen and oxygen atoms in total. The van der Waals surface area contributed by atoms with Crippen LogP contribution in [0.3, 0.4) is 0 Å². The first-order valence-corrected chi connectivity index (χ1v) is 5.82. The third-order valence-electron chi connectivity index (χ3n) is 2.84. The van der Waals surface area contributed by atoms with Crippen LogP contribution >= 0.6 is 0 Å². The first-order valence-electron chi connectivity index (χ1n) is 5.82. The fourth-order valence-corrected chi connectivity index (χ4v) is 1.81. The van der Waals surface area contributed by atoms with Crippen molar-refractivity contribution in [3.8, 4) is 11.3 Å². The summed E-state index contributed by atoms with van der Waals surface area (Å²) in [6, 6.07) is 8.29. The van der Waals surface area contributed by atoms with Gasteiger partial charge in [-0.1, -0.05) is 30.7 Å². The Balaban J connectivity index is 2.62. The molecule has 2 aromatic rings. The summed E-state index contributed by atoms with van der Waals surface area (Å²) in [6.45, 7) is 6.07. The number of nitrogen functional groups attached to an aromatic ring is 1. The van der Waals surface area contributed by atoms with E-state index in [1.807, 2.05) is 19.9 Å². The Morgan fingerprint density at radius 3 is 2.59 bits per heavy atom. The molecule has 1 heterocycles.